The molecule has 2 aromatic rings. The van der Waals surface area contributed by atoms with Crippen LogP contribution in [0.5, 0.6) is 5.75 Å². The number of carboxylic acids is 1. The van der Waals surface area contributed by atoms with Gasteiger partial charge in [0.15, 0.2) is 0 Å². The number of nitrogens with one attached hydrogen (secondary N) is 1. The molecule has 0 spiro atoms. The van der Waals surface area contributed by atoms with Crippen molar-refractivity contribution in [2.24, 2.45) is 5.41 Å². The number of carbonyl (C=O) groups is 1. The lowest BCUT2D eigenvalue weighted by molar-refractivity contribution is -0.139. The monoisotopic (exact) mass is 517 g/mol. The quantitative estimate of drug-likeness (QED) is 0.297. The van der Waals surface area contributed by atoms with Crippen molar-refractivity contribution in [3.63, 3.8) is 0 Å². The summed E-state index contributed by atoms with van der Waals surface area (Å²) in [7, 11) is 0. The van der Waals surface area contributed by atoms with E-state index in [4.69, 9.17) is 14.6 Å². The molecule has 3 rings (SSSR count). The Balaban J connectivity index is 1.84. The highest BCUT2D eigenvalue weighted by Crippen LogP contribution is 2.47. The molecular formula is C29H43NO5S. The number of aliphatic hydroxyl groups is 1. The number of rotatable bonds is 12. The summed E-state index contributed by atoms with van der Waals surface area (Å²) in [6, 6.07) is 10.1. The molecule has 0 saturated carbocycles. The van der Waals surface area contributed by atoms with E-state index in [1.807, 2.05) is 27.7 Å². The number of epoxide rings is 1. The van der Waals surface area contributed by atoms with E-state index in [9.17, 15) is 9.90 Å². The molecule has 4 atom stereocenters. The highest BCUT2D eigenvalue weighted by Gasteiger charge is 2.44. The first-order chi connectivity index (χ1) is 16.8. The lowest BCUT2D eigenvalue weighted by atomic mass is 9.74. The van der Waals surface area contributed by atoms with Crippen LogP contribution in [0.2, 0.25) is 0 Å². The van der Waals surface area contributed by atoms with Gasteiger partial charge in [-0.2, -0.15) is 0 Å². The van der Waals surface area contributed by atoms with Crippen LogP contribution in [-0.4, -0.2) is 40.7 Å². The summed E-state index contributed by atoms with van der Waals surface area (Å²) in [6.07, 6.45) is 2.39. The van der Waals surface area contributed by atoms with Gasteiger partial charge in [-0.3, -0.25) is 10.1 Å². The van der Waals surface area contributed by atoms with Crippen molar-refractivity contribution in [3.8, 4) is 5.75 Å². The number of aliphatic carboxylic acids is 1. The fraction of sp³-hybridized carbons (Fsp3) is 0.621. The third-order valence-electron chi connectivity index (χ3n) is 7.98. The van der Waals surface area contributed by atoms with E-state index in [1.165, 1.54) is 10.4 Å². The minimum Gasteiger partial charge on any atom is -0.490 e. The van der Waals surface area contributed by atoms with Crippen LogP contribution < -0.4 is 10.1 Å². The fourth-order valence-corrected chi connectivity index (χ4v) is 5.84. The Morgan fingerprint density at radius 1 is 1.14 bits per heavy atom. The molecule has 0 bridgehead atoms. The van der Waals surface area contributed by atoms with Gasteiger partial charge in [0.05, 0.1) is 0 Å². The lowest BCUT2D eigenvalue weighted by Crippen LogP contribution is -2.45. The van der Waals surface area contributed by atoms with Crippen LogP contribution in [0.3, 0.4) is 0 Å². The van der Waals surface area contributed by atoms with Crippen LogP contribution >= 0.6 is 11.3 Å². The Hall–Kier alpha value is -1.93. The average molecular weight is 518 g/mol. The third kappa shape index (κ3) is 5.80. The molecule has 200 valence electrons. The second kappa shape index (κ2) is 10.8. The predicted molar refractivity (Wildman–Crippen MR) is 145 cm³/mol. The lowest BCUT2D eigenvalue weighted by Gasteiger charge is -2.37. The Bertz CT molecular complexity index is 1050. The van der Waals surface area contributed by atoms with E-state index in [0.29, 0.717) is 0 Å². The SMILES string of the molecule is CCc1cc(C(CC)(CC)c2ccc(C3OC3N[C@@H](C)C(=O)O)s2)ccc1OCC(C)(O)C(C)(C)C. The fourth-order valence-electron chi connectivity index (χ4n) is 4.41. The van der Waals surface area contributed by atoms with E-state index in [0.717, 1.165) is 35.5 Å². The first-order valence-electron chi connectivity index (χ1n) is 13.0. The van der Waals surface area contributed by atoms with Gasteiger partial charge in [-0.1, -0.05) is 53.7 Å². The highest BCUT2D eigenvalue weighted by atomic mass is 32.1. The second-order valence-corrected chi connectivity index (χ2v) is 12.3. The second-order valence-electron chi connectivity index (χ2n) is 11.2. The van der Waals surface area contributed by atoms with Gasteiger partial charge >= 0.3 is 5.97 Å². The Labute approximate surface area is 220 Å². The van der Waals surface area contributed by atoms with Crippen molar-refractivity contribution >= 4 is 17.3 Å². The van der Waals surface area contributed by atoms with Crippen LogP contribution in [0.25, 0.3) is 0 Å². The topological polar surface area (TPSA) is 91.3 Å². The number of benzene rings is 1. The van der Waals surface area contributed by atoms with E-state index in [1.54, 1.807) is 18.3 Å². The largest absolute Gasteiger partial charge is 0.490 e. The number of aryl methyl sites for hydroxylation is 1. The molecule has 1 aliphatic rings. The van der Waals surface area contributed by atoms with Crippen molar-refractivity contribution in [2.45, 2.75) is 104 Å². The Morgan fingerprint density at radius 2 is 1.81 bits per heavy atom. The number of hydrogen-bond donors (Lipinski definition) is 3. The van der Waals surface area contributed by atoms with Crippen molar-refractivity contribution in [1.82, 2.24) is 5.32 Å². The first kappa shape index (κ1) is 28.6. The Kier molecular flexibility index (Phi) is 8.61. The minimum atomic E-state index is -0.944. The van der Waals surface area contributed by atoms with Crippen LogP contribution in [0, 0.1) is 5.41 Å². The molecule has 0 aliphatic carbocycles. The number of ether oxygens (including phenoxy) is 2. The summed E-state index contributed by atoms with van der Waals surface area (Å²) in [4.78, 5) is 13.6. The van der Waals surface area contributed by atoms with Crippen LogP contribution in [0.1, 0.15) is 95.2 Å². The maximum absolute atomic E-state index is 11.1. The minimum absolute atomic E-state index is 0.102. The zero-order valence-corrected chi connectivity index (χ0v) is 23.8. The highest BCUT2D eigenvalue weighted by molar-refractivity contribution is 7.12. The zero-order chi connectivity index (χ0) is 26.9. The Morgan fingerprint density at radius 3 is 2.36 bits per heavy atom. The van der Waals surface area contributed by atoms with Crippen molar-refractivity contribution in [1.29, 1.82) is 0 Å². The average Bonchev–Trinajstić information content (AvgIpc) is 3.41. The molecule has 1 aliphatic heterocycles. The van der Waals surface area contributed by atoms with Gasteiger partial charge in [0.1, 0.15) is 36.3 Å². The summed E-state index contributed by atoms with van der Waals surface area (Å²) in [5.41, 5.74) is 1.03. The van der Waals surface area contributed by atoms with E-state index in [-0.39, 0.29) is 29.8 Å². The smallest absolute Gasteiger partial charge is 0.320 e. The summed E-state index contributed by atoms with van der Waals surface area (Å²) in [5.74, 6) is -0.0557. The van der Waals surface area contributed by atoms with Gasteiger partial charge in [-0.25, -0.2) is 0 Å². The van der Waals surface area contributed by atoms with Crippen LogP contribution in [-0.2, 0) is 21.4 Å². The molecule has 7 heteroatoms. The van der Waals surface area contributed by atoms with Gasteiger partial charge in [-0.15, -0.1) is 11.3 Å². The van der Waals surface area contributed by atoms with Crippen LogP contribution in [0.15, 0.2) is 30.3 Å². The third-order valence-corrected chi connectivity index (χ3v) is 9.33. The zero-order valence-electron chi connectivity index (χ0n) is 23.0. The molecule has 6 nitrogen and oxygen atoms in total. The standard InChI is InChI=1S/C29H43NO5S/c1-9-19-16-20(12-13-21(19)34-17-28(8,33)27(5,6)7)29(10-2,11-3)23-15-14-22(36-23)24-25(35-24)30-18(4)26(31)32/h12-16,18,24-25,30,33H,9-11,17H2,1-8H3,(H,31,32)/t18-,24?,25?,28?/m0/s1. The summed E-state index contributed by atoms with van der Waals surface area (Å²) in [5, 5.41) is 23.0. The molecule has 1 aromatic heterocycles. The van der Waals surface area contributed by atoms with Gasteiger partial charge in [-0.05, 0) is 67.9 Å². The van der Waals surface area contributed by atoms with Crippen molar-refractivity contribution in [3.05, 3.63) is 51.2 Å². The number of thiophene rings is 1. The molecule has 1 fully saturated rings. The molecule has 0 amide bonds. The van der Waals surface area contributed by atoms with Gasteiger partial charge in [0.25, 0.3) is 0 Å². The maximum Gasteiger partial charge on any atom is 0.320 e. The first-order valence-corrected chi connectivity index (χ1v) is 13.8. The van der Waals surface area contributed by atoms with Gasteiger partial charge in [0.2, 0.25) is 0 Å². The van der Waals surface area contributed by atoms with Crippen molar-refractivity contribution in [2.75, 3.05) is 6.61 Å². The maximum atomic E-state index is 11.1. The number of hydrogen-bond acceptors (Lipinski definition) is 6. The molecule has 3 N–H and O–H groups in total. The molecule has 3 unspecified atom stereocenters. The van der Waals surface area contributed by atoms with Crippen LogP contribution in [0.4, 0.5) is 0 Å². The summed E-state index contributed by atoms with van der Waals surface area (Å²) >= 11 is 1.75. The molecule has 2 heterocycles. The summed E-state index contributed by atoms with van der Waals surface area (Å²) in [6.45, 7) is 16.3. The predicted octanol–water partition coefficient (Wildman–Crippen LogP) is 6.05. The molecule has 0 radical (unpaired) electrons. The molecular weight excluding hydrogens is 474 g/mol. The molecule has 1 aromatic carbocycles. The normalized spacial score (nSPS) is 20.6. The van der Waals surface area contributed by atoms with E-state index in [2.05, 4.69) is 56.4 Å². The van der Waals surface area contributed by atoms with Gasteiger partial charge in [0, 0.05) is 15.2 Å². The molecule has 1 saturated heterocycles. The van der Waals surface area contributed by atoms with E-state index >= 15 is 0 Å². The number of carboxylic acid groups (broad SMARTS) is 1. The van der Waals surface area contributed by atoms with Gasteiger partial charge < -0.3 is 19.7 Å². The molecule has 36 heavy (non-hydrogen) atoms. The van der Waals surface area contributed by atoms with Crippen molar-refractivity contribution < 1.29 is 24.5 Å². The summed E-state index contributed by atoms with van der Waals surface area (Å²) < 4.78 is 11.9. The van der Waals surface area contributed by atoms with E-state index < -0.39 is 17.6 Å².